The molecule has 0 unspecified atom stereocenters. The Labute approximate surface area is 238 Å². The highest BCUT2D eigenvalue weighted by molar-refractivity contribution is 7.75. The highest BCUT2D eigenvalue weighted by Gasteiger charge is 2.26. The molecule has 39 heavy (non-hydrogen) atoms. The maximum atomic E-state index is 12.7. The van der Waals surface area contributed by atoms with E-state index in [9.17, 15) is 9.00 Å². The molecule has 0 bridgehead atoms. The maximum Gasteiger partial charge on any atom is 0.321 e. The van der Waals surface area contributed by atoms with Crippen molar-refractivity contribution in [3.05, 3.63) is 70.0 Å². The molecule has 13 heteroatoms. The number of benzene rings is 2. The number of amides is 2. The van der Waals surface area contributed by atoms with E-state index in [1.807, 2.05) is 31.2 Å². The maximum absolute atomic E-state index is 12.7. The van der Waals surface area contributed by atoms with Gasteiger partial charge < -0.3 is 19.7 Å². The van der Waals surface area contributed by atoms with E-state index >= 15 is 0 Å². The first kappa shape index (κ1) is 27.6. The second-order valence-corrected chi connectivity index (χ2v) is 10.8. The first-order valence-corrected chi connectivity index (χ1v) is 14.1. The third-order valence-corrected chi connectivity index (χ3v) is 7.67. The van der Waals surface area contributed by atoms with Crippen molar-refractivity contribution in [2.45, 2.75) is 31.8 Å². The second-order valence-electron chi connectivity index (χ2n) is 9.11. The molecule has 2 aliphatic heterocycles. The predicted octanol–water partition coefficient (Wildman–Crippen LogP) is 5.67. The van der Waals surface area contributed by atoms with Gasteiger partial charge >= 0.3 is 17.4 Å². The van der Waals surface area contributed by atoms with E-state index in [0.717, 1.165) is 5.56 Å². The molecule has 2 aliphatic rings. The minimum absolute atomic E-state index is 0.00488. The zero-order valence-corrected chi connectivity index (χ0v) is 23.3. The van der Waals surface area contributed by atoms with Crippen LogP contribution in [0.4, 0.5) is 10.5 Å². The zero-order valence-electron chi connectivity index (χ0n) is 21.0. The summed E-state index contributed by atoms with van der Waals surface area (Å²) in [7, 11) is 0. The topological polar surface area (TPSA) is 112 Å². The lowest BCUT2D eigenvalue weighted by atomic mass is 10.0. The second kappa shape index (κ2) is 12.5. The van der Waals surface area contributed by atoms with Crippen molar-refractivity contribution in [3.63, 3.8) is 0 Å². The van der Waals surface area contributed by atoms with Gasteiger partial charge in [0.05, 0.1) is 29.5 Å². The van der Waals surface area contributed by atoms with E-state index in [2.05, 4.69) is 15.3 Å². The van der Waals surface area contributed by atoms with Gasteiger partial charge in [-0.05, 0) is 42.8 Å². The van der Waals surface area contributed by atoms with Crippen molar-refractivity contribution in [2.75, 3.05) is 31.6 Å². The largest absolute Gasteiger partial charge is 0.474 e. The third kappa shape index (κ3) is 6.98. The summed E-state index contributed by atoms with van der Waals surface area (Å²) in [6, 6.07) is 12.2. The van der Waals surface area contributed by atoms with E-state index in [1.165, 1.54) is 6.33 Å². The Morgan fingerprint density at radius 3 is 2.44 bits per heavy atom. The number of halogens is 2. The van der Waals surface area contributed by atoms with Gasteiger partial charge in [-0.25, -0.2) is 14.8 Å². The number of hydrogen-bond acceptors (Lipinski definition) is 8. The van der Waals surface area contributed by atoms with Gasteiger partial charge in [-0.2, -0.15) is 4.21 Å². The fourth-order valence-electron chi connectivity index (χ4n) is 4.23. The van der Waals surface area contributed by atoms with Gasteiger partial charge in [-0.3, -0.25) is 8.37 Å². The Hall–Kier alpha value is -2.96. The normalized spacial score (nSPS) is 19.9. The Balaban J connectivity index is 1.14. The van der Waals surface area contributed by atoms with Crippen molar-refractivity contribution in [1.82, 2.24) is 14.9 Å². The van der Waals surface area contributed by atoms with Gasteiger partial charge in [0.2, 0.25) is 11.8 Å². The van der Waals surface area contributed by atoms with E-state index in [-0.39, 0.29) is 18.1 Å². The minimum atomic E-state index is -1.67. The van der Waals surface area contributed by atoms with Crippen LogP contribution in [0.2, 0.25) is 10.0 Å². The molecule has 0 saturated carbocycles. The highest BCUT2D eigenvalue weighted by atomic mass is 35.5. The van der Waals surface area contributed by atoms with Gasteiger partial charge in [-0.15, -0.1) is 0 Å². The van der Waals surface area contributed by atoms with Crippen molar-refractivity contribution < 1.29 is 26.8 Å². The lowest BCUT2D eigenvalue weighted by Gasteiger charge is -2.32. The monoisotopic (exact) mass is 592 g/mol. The quantitative estimate of drug-likeness (QED) is 0.389. The molecule has 2 aromatic carbocycles. The van der Waals surface area contributed by atoms with Crippen LogP contribution in [-0.2, 0) is 19.7 Å². The van der Waals surface area contributed by atoms with Gasteiger partial charge in [0.15, 0.2) is 0 Å². The first-order chi connectivity index (χ1) is 18.9. The van der Waals surface area contributed by atoms with Crippen molar-refractivity contribution in [1.29, 1.82) is 0 Å². The van der Waals surface area contributed by atoms with Crippen molar-refractivity contribution in [3.8, 4) is 17.5 Å². The Morgan fingerprint density at radius 2 is 1.74 bits per heavy atom. The summed E-state index contributed by atoms with van der Waals surface area (Å²) < 4.78 is 33.5. The number of carbonyl (C=O) groups excluding carboxylic acids is 1. The summed E-state index contributed by atoms with van der Waals surface area (Å²) in [5, 5.41) is 3.72. The number of ether oxygens (including phenoxy) is 2. The van der Waals surface area contributed by atoms with Crippen LogP contribution in [0.3, 0.4) is 0 Å². The molecule has 1 aromatic heterocycles. The van der Waals surface area contributed by atoms with Crippen LogP contribution in [0.15, 0.2) is 48.8 Å². The Bertz CT molecular complexity index is 1340. The average Bonchev–Trinajstić information content (AvgIpc) is 2.94. The van der Waals surface area contributed by atoms with E-state index in [1.54, 1.807) is 23.1 Å². The summed E-state index contributed by atoms with van der Waals surface area (Å²) in [4.78, 5) is 23.0. The third-order valence-electron chi connectivity index (χ3n) is 6.47. The number of hydrogen-bond donors (Lipinski definition) is 1. The molecule has 2 amide bonds. The van der Waals surface area contributed by atoms with Crippen LogP contribution in [0, 0.1) is 6.92 Å². The van der Waals surface area contributed by atoms with E-state index in [4.69, 9.17) is 41.0 Å². The summed E-state index contributed by atoms with van der Waals surface area (Å²) in [6.45, 7) is 3.55. The molecule has 0 aliphatic carbocycles. The molecule has 0 spiro atoms. The molecular formula is C26H26Cl2N4O6S. The molecule has 3 aromatic rings. The van der Waals surface area contributed by atoms with Gasteiger partial charge in [0.25, 0.3) is 0 Å². The lowest BCUT2D eigenvalue weighted by Crippen LogP contribution is -2.43. The number of rotatable bonds is 6. The predicted molar refractivity (Wildman–Crippen MR) is 147 cm³/mol. The number of piperidine rings is 1. The smallest absolute Gasteiger partial charge is 0.321 e. The van der Waals surface area contributed by atoms with E-state index < -0.39 is 11.4 Å². The molecule has 2 fully saturated rings. The number of nitrogens with zero attached hydrogens (tertiary/aromatic N) is 3. The first-order valence-electron chi connectivity index (χ1n) is 12.3. The van der Waals surface area contributed by atoms with Crippen LogP contribution < -0.4 is 14.8 Å². The summed E-state index contributed by atoms with van der Waals surface area (Å²) in [6.07, 6.45) is 2.58. The molecule has 0 radical (unpaired) electrons. The fourth-order valence-corrected chi connectivity index (χ4v) is 5.30. The molecule has 3 heterocycles. The van der Waals surface area contributed by atoms with Crippen molar-refractivity contribution >= 4 is 46.3 Å². The lowest BCUT2D eigenvalue weighted by molar-refractivity contribution is 0.110. The summed E-state index contributed by atoms with van der Waals surface area (Å²) >= 11 is 10.4. The number of aromatic nitrogens is 2. The van der Waals surface area contributed by atoms with Crippen molar-refractivity contribution in [2.24, 2.45) is 0 Å². The molecular weight excluding hydrogens is 567 g/mol. The Kier molecular flexibility index (Phi) is 8.83. The number of carbonyl (C=O) groups is 1. The zero-order chi connectivity index (χ0) is 27.4. The molecule has 206 valence electrons. The Morgan fingerprint density at radius 1 is 1.05 bits per heavy atom. The highest BCUT2D eigenvalue weighted by Crippen LogP contribution is 2.31. The number of urea groups is 1. The molecule has 10 nitrogen and oxygen atoms in total. The van der Waals surface area contributed by atoms with Crippen LogP contribution >= 0.6 is 23.2 Å². The molecule has 1 N–H and O–H groups in total. The number of anilines is 1. The number of likely N-dealkylation sites (tertiary alicyclic amines) is 1. The molecule has 2 saturated heterocycles. The molecule has 0 atom stereocenters. The van der Waals surface area contributed by atoms with Crippen LogP contribution in [0.25, 0.3) is 0 Å². The minimum Gasteiger partial charge on any atom is -0.474 e. The van der Waals surface area contributed by atoms with Crippen LogP contribution in [0.5, 0.6) is 17.5 Å². The van der Waals surface area contributed by atoms with Gasteiger partial charge in [0, 0.05) is 36.9 Å². The van der Waals surface area contributed by atoms with Gasteiger partial charge in [-0.1, -0.05) is 35.3 Å². The molecule has 5 rings (SSSR count). The fraction of sp³-hybridized carbons (Fsp3) is 0.346. The number of nitrogens with one attached hydrogen (secondary N) is 1. The summed E-state index contributed by atoms with van der Waals surface area (Å²) in [5.41, 5.74) is 2.19. The average molecular weight is 593 g/mol. The van der Waals surface area contributed by atoms with E-state index in [0.29, 0.717) is 78.0 Å². The summed E-state index contributed by atoms with van der Waals surface area (Å²) in [5.74, 6) is 1.44. The van der Waals surface area contributed by atoms with Crippen LogP contribution in [-0.4, -0.2) is 57.5 Å². The SMILES string of the molecule is Cc1c(Oc2ccc([C@H]3CO[S@@](=O)OC3)cc2)ncnc1OC1CCN(C(=O)Nc2ccc(Cl)cc2Cl)CC1. The van der Waals surface area contributed by atoms with Gasteiger partial charge in [0.1, 0.15) is 18.2 Å². The van der Waals surface area contributed by atoms with Crippen LogP contribution in [0.1, 0.15) is 29.9 Å². The standard InChI is InChI=1S/C26H26Cl2N4O6S/c1-16-24(37-20-5-2-17(3-6-20)18-13-35-39(34)36-14-18)29-15-30-25(16)38-21-8-10-32(11-9-21)26(33)31-23-7-4-19(27)12-22(23)28/h2-7,12,15,18,21H,8-11,13-14H2,1H3,(H,31,33)/t18-,39+.